The number of aliphatic hydroxyl groups excluding tert-OH is 1. The smallest absolute Gasteiger partial charge is 0.178 e. The van der Waals surface area contributed by atoms with Crippen LogP contribution in [0.4, 0.5) is 0 Å². The zero-order valence-electron chi connectivity index (χ0n) is 8.03. The monoisotopic (exact) mass is 194 g/mol. The molecule has 0 bridgehead atoms. The van der Waals surface area contributed by atoms with Crippen molar-refractivity contribution in [2.75, 3.05) is 13.2 Å². The second-order valence-electron chi connectivity index (χ2n) is 3.72. The van der Waals surface area contributed by atoms with E-state index in [0.717, 1.165) is 24.8 Å². The zero-order chi connectivity index (χ0) is 10.0. The molecule has 0 heterocycles. The maximum Gasteiger partial charge on any atom is 0.178 e. The lowest BCUT2D eigenvalue weighted by Gasteiger charge is -2.29. The van der Waals surface area contributed by atoms with Gasteiger partial charge in [-0.3, -0.25) is 4.79 Å². The summed E-state index contributed by atoms with van der Waals surface area (Å²) in [6.07, 6.45) is 7.98. The molecule has 3 heteroatoms. The summed E-state index contributed by atoms with van der Waals surface area (Å²) in [7, 11) is 0. The van der Waals surface area contributed by atoms with Crippen molar-refractivity contribution in [2.45, 2.75) is 24.9 Å². The Hall–Kier alpha value is -0.930. The summed E-state index contributed by atoms with van der Waals surface area (Å²) in [4.78, 5) is 11.2. The molecule has 2 rings (SSSR count). The van der Waals surface area contributed by atoms with Gasteiger partial charge in [-0.25, -0.2) is 0 Å². The molecule has 1 unspecified atom stereocenters. The van der Waals surface area contributed by atoms with E-state index >= 15 is 0 Å². The number of carbonyl (C=O) groups is 1. The third-order valence-corrected chi connectivity index (χ3v) is 2.82. The third kappa shape index (κ3) is 1.53. The Kier molecular flexibility index (Phi) is 2.52. The molecule has 0 saturated heterocycles. The Morgan fingerprint density at radius 2 is 2.43 bits per heavy atom. The fourth-order valence-corrected chi connectivity index (χ4v) is 2.18. The maximum atomic E-state index is 11.2. The minimum atomic E-state index is -0.378. The molecule has 1 N–H and O–H groups in total. The lowest BCUT2D eigenvalue weighted by atomic mass is 9.91. The van der Waals surface area contributed by atoms with Crippen LogP contribution in [0, 0.1) is 0 Å². The van der Waals surface area contributed by atoms with Crippen molar-refractivity contribution >= 4 is 5.78 Å². The highest BCUT2D eigenvalue weighted by Gasteiger charge is 2.39. The Balaban J connectivity index is 2.19. The van der Waals surface area contributed by atoms with Gasteiger partial charge in [0.25, 0.3) is 0 Å². The SMILES string of the molecule is O=C1C=CC2(OCCO)CCCC2=C1. The van der Waals surface area contributed by atoms with E-state index in [0.29, 0.717) is 6.61 Å². The van der Waals surface area contributed by atoms with E-state index in [4.69, 9.17) is 9.84 Å². The van der Waals surface area contributed by atoms with Gasteiger partial charge < -0.3 is 9.84 Å². The van der Waals surface area contributed by atoms with E-state index in [-0.39, 0.29) is 18.0 Å². The zero-order valence-corrected chi connectivity index (χ0v) is 8.03. The normalized spacial score (nSPS) is 30.4. The minimum Gasteiger partial charge on any atom is -0.394 e. The highest BCUT2D eigenvalue weighted by molar-refractivity contribution is 6.01. The summed E-state index contributed by atoms with van der Waals surface area (Å²) in [5.74, 6) is 0.0464. The molecule has 0 aliphatic heterocycles. The van der Waals surface area contributed by atoms with E-state index in [1.54, 1.807) is 12.2 Å². The molecule has 0 radical (unpaired) electrons. The van der Waals surface area contributed by atoms with Gasteiger partial charge in [0.15, 0.2) is 5.78 Å². The molecule has 2 aliphatic rings. The van der Waals surface area contributed by atoms with E-state index in [1.165, 1.54) is 0 Å². The van der Waals surface area contributed by atoms with Gasteiger partial charge in [-0.1, -0.05) is 0 Å². The Bertz CT molecular complexity index is 304. The van der Waals surface area contributed by atoms with Crippen molar-refractivity contribution in [3.63, 3.8) is 0 Å². The Morgan fingerprint density at radius 3 is 3.21 bits per heavy atom. The number of aliphatic hydroxyl groups is 1. The number of rotatable bonds is 3. The summed E-state index contributed by atoms with van der Waals surface area (Å²) in [5.41, 5.74) is 0.690. The molecule has 76 valence electrons. The number of fused-ring (bicyclic) bond motifs is 1. The highest BCUT2D eigenvalue weighted by atomic mass is 16.5. The maximum absolute atomic E-state index is 11.2. The second-order valence-corrected chi connectivity index (χ2v) is 3.72. The molecule has 1 fully saturated rings. The Labute approximate surface area is 83.1 Å². The fraction of sp³-hybridized carbons (Fsp3) is 0.545. The quantitative estimate of drug-likeness (QED) is 0.728. The minimum absolute atomic E-state index is 0.0246. The number of ketones is 1. The molecule has 14 heavy (non-hydrogen) atoms. The molecule has 1 atom stereocenters. The summed E-state index contributed by atoms with van der Waals surface area (Å²) in [6.45, 7) is 0.354. The average Bonchev–Trinajstić information content (AvgIpc) is 2.58. The largest absolute Gasteiger partial charge is 0.394 e. The van der Waals surface area contributed by atoms with Crippen molar-refractivity contribution in [1.82, 2.24) is 0 Å². The first-order chi connectivity index (χ1) is 6.77. The van der Waals surface area contributed by atoms with Crippen molar-refractivity contribution in [2.24, 2.45) is 0 Å². The number of ether oxygens (including phenoxy) is 1. The van der Waals surface area contributed by atoms with Gasteiger partial charge in [0, 0.05) is 0 Å². The summed E-state index contributed by atoms with van der Waals surface area (Å²) in [5, 5.41) is 8.73. The highest BCUT2D eigenvalue weighted by Crippen LogP contribution is 2.41. The van der Waals surface area contributed by atoms with Gasteiger partial charge in [0.05, 0.1) is 13.2 Å². The summed E-state index contributed by atoms with van der Waals surface area (Å²) in [6, 6.07) is 0. The van der Waals surface area contributed by atoms with Crippen molar-refractivity contribution in [3.8, 4) is 0 Å². The number of carbonyl (C=O) groups excluding carboxylic acids is 1. The Morgan fingerprint density at radius 1 is 1.57 bits per heavy atom. The predicted molar refractivity (Wildman–Crippen MR) is 51.8 cm³/mol. The van der Waals surface area contributed by atoms with Crippen molar-refractivity contribution in [1.29, 1.82) is 0 Å². The van der Waals surface area contributed by atoms with E-state index in [2.05, 4.69) is 0 Å². The van der Waals surface area contributed by atoms with Crippen LogP contribution in [0.3, 0.4) is 0 Å². The second kappa shape index (κ2) is 3.67. The van der Waals surface area contributed by atoms with Crippen LogP contribution in [-0.2, 0) is 9.53 Å². The van der Waals surface area contributed by atoms with Crippen LogP contribution in [0.15, 0.2) is 23.8 Å². The van der Waals surface area contributed by atoms with Crippen LogP contribution in [-0.4, -0.2) is 29.7 Å². The van der Waals surface area contributed by atoms with Gasteiger partial charge in [0.2, 0.25) is 0 Å². The molecule has 0 aromatic carbocycles. The number of hydrogen-bond acceptors (Lipinski definition) is 3. The molecule has 3 nitrogen and oxygen atoms in total. The lowest BCUT2D eigenvalue weighted by molar-refractivity contribution is -0.111. The van der Waals surface area contributed by atoms with Gasteiger partial charge in [-0.2, -0.15) is 0 Å². The number of hydrogen-bond donors (Lipinski definition) is 1. The third-order valence-electron chi connectivity index (χ3n) is 2.82. The van der Waals surface area contributed by atoms with Gasteiger partial charge in [0.1, 0.15) is 5.60 Å². The topological polar surface area (TPSA) is 46.5 Å². The molecule has 0 aromatic heterocycles. The van der Waals surface area contributed by atoms with Gasteiger partial charge in [-0.15, -0.1) is 0 Å². The van der Waals surface area contributed by atoms with Gasteiger partial charge in [-0.05, 0) is 43.1 Å². The van der Waals surface area contributed by atoms with E-state index < -0.39 is 0 Å². The molecule has 0 spiro atoms. The first-order valence-electron chi connectivity index (χ1n) is 4.96. The summed E-state index contributed by atoms with van der Waals surface area (Å²) >= 11 is 0. The van der Waals surface area contributed by atoms with Gasteiger partial charge >= 0.3 is 0 Å². The number of allylic oxidation sites excluding steroid dienone is 2. The standard InChI is InChI=1S/C11H14O3/c12-6-7-14-11-4-1-2-9(11)8-10(13)3-5-11/h3,5,8,12H,1-2,4,6-7H2. The average molecular weight is 194 g/mol. The van der Waals surface area contributed by atoms with E-state index in [9.17, 15) is 4.79 Å². The molecule has 0 amide bonds. The molecule has 0 aromatic rings. The molecule has 1 saturated carbocycles. The van der Waals surface area contributed by atoms with Crippen LogP contribution in [0.1, 0.15) is 19.3 Å². The molecule has 2 aliphatic carbocycles. The van der Waals surface area contributed by atoms with E-state index in [1.807, 2.05) is 6.08 Å². The molecular formula is C11H14O3. The van der Waals surface area contributed by atoms with Crippen LogP contribution < -0.4 is 0 Å². The lowest BCUT2D eigenvalue weighted by Crippen LogP contribution is -2.32. The van der Waals surface area contributed by atoms with Crippen LogP contribution in [0.2, 0.25) is 0 Å². The van der Waals surface area contributed by atoms with Crippen molar-refractivity contribution in [3.05, 3.63) is 23.8 Å². The van der Waals surface area contributed by atoms with Crippen LogP contribution in [0.25, 0.3) is 0 Å². The summed E-state index contributed by atoms with van der Waals surface area (Å²) < 4.78 is 5.63. The fourth-order valence-electron chi connectivity index (χ4n) is 2.18. The first-order valence-corrected chi connectivity index (χ1v) is 4.96. The first kappa shape index (κ1) is 9.62. The molecular weight excluding hydrogens is 180 g/mol. The predicted octanol–water partition coefficient (Wildman–Crippen LogP) is 0.983. The van der Waals surface area contributed by atoms with Crippen LogP contribution in [0.5, 0.6) is 0 Å². The van der Waals surface area contributed by atoms with Crippen molar-refractivity contribution < 1.29 is 14.6 Å². The van der Waals surface area contributed by atoms with Crippen LogP contribution >= 0.6 is 0 Å².